The van der Waals surface area contributed by atoms with Crippen LogP contribution in [0.4, 0.5) is 11.8 Å². The number of thiazole rings is 1. The third kappa shape index (κ3) is 4.08. The Morgan fingerprint density at radius 3 is 2.42 bits per heavy atom. The zero-order valence-electron chi connectivity index (χ0n) is 21.9. The number of rotatable bonds is 7. The molecule has 0 bridgehead atoms. The molecule has 4 saturated carbocycles. The fourth-order valence-electron chi connectivity index (χ4n) is 6.95. The second-order valence-corrected chi connectivity index (χ2v) is 13.1. The molecule has 3 aromatic heterocycles. The van der Waals surface area contributed by atoms with Crippen molar-refractivity contribution in [3.05, 3.63) is 23.7 Å². The maximum atomic E-state index is 11.2. The van der Waals surface area contributed by atoms with Crippen molar-refractivity contribution >= 4 is 33.3 Å². The number of fused-ring (bicyclic) bond motifs is 1. The van der Waals surface area contributed by atoms with Crippen LogP contribution in [0, 0.1) is 25.7 Å². The Hall–Kier alpha value is -2.40. The molecule has 5 N–H and O–H groups in total. The first-order chi connectivity index (χ1) is 18.3. The van der Waals surface area contributed by atoms with Gasteiger partial charge in [0.25, 0.3) is 0 Å². The first kappa shape index (κ1) is 24.6. The van der Waals surface area contributed by atoms with E-state index in [0.29, 0.717) is 36.9 Å². The second kappa shape index (κ2) is 8.81. The van der Waals surface area contributed by atoms with E-state index in [2.05, 4.69) is 15.6 Å². The van der Waals surface area contributed by atoms with Gasteiger partial charge in [-0.15, -0.1) is 11.3 Å². The molecule has 9 nitrogen and oxygen atoms in total. The van der Waals surface area contributed by atoms with Crippen molar-refractivity contribution in [2.24, 2.45) is 11.8 Å². The van der Waals surface area contributed by atoms with Crippen LogP contribution in [-0.4, -0.2) is 64.6 Å². The molecule has 0 aliphatic heterocycles. The fraction of sp³-hybridized carbons (Fsp3) is 0.643. The number of aryl methyl sites for hydroxylation is 2. The van der Waals surface area contributed by atoms with Crippen LogP contribution in [-0.2, 0) is 0 Å². The summed E-state index contributed by atoms with van der Waals surface area (Å²) in [5, 5.41) is 41.2. The van der Waals surface area contributed by atoms with Crippen molar-refractivity contribution < 1.29 is 15.3 Å². The fourth-order valence-corrected chi connectivity index (χ4v) is 8.06. The summed E-state index contributed by atoms with van der Waals surface area (Å²) in [6, 6.07) is 1.52. The number of aliphatic hydroxyl groups excluding tert-OH is 2. The van der Waals surface area contributed by atoms with Gasteiger partial charge in [0, 0.05) is 17.7 Å². The van der Waals surface area contributed by atoms with E-state index in [-0.39, 0.29) is 11.5 Å². The van der Waals surface area contributed by atoms with Crippen LogP contribution in [0.25, 0.3) is 20.8 Å². The maximum absolute atomic E-state index is 11.2. The minimum Gasteiger partial charge on any atom is -0.390 e. The van der Waals surface area contributed by atoms with Gasteiger partial charge in [-0.25, -0.2) is 9.97 Å². The van der Waals surface area contributed by atoms with E-state index in [9.17, 15) is 15.3 Å². The summed E-state index contributed by atoms with van der Waals surface area (Å²) >= 11 is 1.58. The molecule has 202 valence electrons. The zero-order chi connectivity index (χ0) is 26.2. The molecule has 10 heteroatoms. The lowest BCUT2D eigenvalue weighted by atomic mass is 9.83. The molecular formula is C28H36N6O3S. The Morgan fingerprint density at radius 2 is 1.74 bits per heavy atom. The van der Waals surface area contributed by atoms with Crippen molar-refractivity contribution in [1.82, 2.24) is 19.9 Å². The normalized spacial score (nSPS) is 29.6. The SMILES string of the molecule is Cc1nc(NC2(C3CC3)CC2)nc(N[C@@H]2C[C@H](C3(O)CCCC3)[C@@H](O)[C@H]2O)c1-c1nc2c(C)nccc2s1. The Labute approximate surface area is 226 Å². The first-order valence-electron chi connectivity index (χ1n) is 14.0. The number of nitrogens with zero attached hydrogens (tertiary/aromatic N) is 4. The predicted molar refractivity (Wildman–Crippen MR) is 147 cm³/mol. The topological polar surface area (TPSA) is 136 Å². The molecule has 3 heterocycles. The minimum atomic E-state index is -1.01. The van der Waals surface area contributed by atoms with Gasteiger partial charge in [-0.3, -0.25) is 4.98 Å². The highest BCUT2D eigenvalue weighted by Crippen LogP contribution is 2.55. The summed E-state index contributed by atoms with van der Waals surface area (Å²) in [5.74, 6) is 1.52. The summed E-state index contributed by atoms with van der Waals surface area (Å²) in [7, 11) is 0. The van der Waals surface area contributed by atoms with E-state index >= 15 is 0 Å². The average molecular weight is 537 g/mol. The Morgan fingerprint density at radius 1 is 0.974 bits per heavy atom. The first-order valence-corrected chi connectivity index (χ1v) is 14.8. The van der Waals surface area contributed by atoms with E-state index in [1.807, 2.05) is 19.9 Å². The lowest BCUT2D eigenvalue weighted by Gasteiger charge is -2.32. The van der Waals surface area contributed by atoms with Gasteiger partial charge in [-0.05, 0) is 70.8 Å². The number of hydrogen-bond donors (Lipinski definition) is 5. The lowest BCUT2D eigenvalue weighted by molar-refractivity contribution is -0.0763. The molecule has 0 saturated heterocycles. The Balaban J connectivity index is 1.26. The van der Waals surface area contributed by atoms with Crippen LogP contribution in [0.1, 0.15) is 69.2 Å². The summed E-state index contributed by atoms with van der Waals surface area (Å²) in [6.45, 7) is 3.93. The minimum absolute atomic E-state index is 0.115. The molecule has 3 aromatic rings. The van der Waals surface area contributed by atoms with E-state index in [1.165, 1.54) is 12.8 Å². The van der Waals surface area contributed by atoms with Gasteiger partial charge < -0.3 is 26.0 Å². The zero-order valence-corrected chi connectivity index (χ0v) is 22.8. The van der Waals surface area contributed by atoms with E-state index in [1.54, 1.807) is 17.5 Å². The van der Waals surface area contributed by atoms with Crippen LogP contribution in [0.5, 0.6) is 0 Å². The van der Waals surface area contributed by atoms with Gasteiger partial charge in [-0.1, -0.05) is 12.8 Å². The van der Waals surface area contributed by atoms with Crippen LogP contribution in [0.2, 0.25) is 0 Å². The molecule has 0 amide bonds. The smallest absolute Gasteiger partial charge is 0.225 e. The van der Waals surface area contributed by atoms with Crippen molar-refractivity contribution in [2.75, 3.05) is 10.6 Å². The van der Waals surface area contributed by atoms with Crippen molar-refractivity contribution in [3.8, 4) is 10.6 Å². The van der Waals surface area contributed by atoms with Crippen LogP contribution < -0.4 is 10.6 Å². The monoisotopic (exact) mass is 536 g/mol. The molecule has 4 aliphatic rings. The second-order valence-electron chi connectivity index (χ2n) is 12.1. The van der Waals surface area contributed by atoms with Crippen LogP contribution in [0.15, 0.2) is 12.3 Å². The highest BCUT2D eigenvalue weighted by Gasteiger charge is 2.55. The van der Waals surface area contributed by atoms with Crippen molar-refractivity contribution in [2.45, 2.75) is 101 Å². The molecule has 0 unspecified atom stereocenters. The molecule has 4 fully saturated rings. The molecule has 7 rings (SSSR count). The molecule has 4 aliphatic carbocycles. The van der Waals surface area contributed by atoms with E-state index in [4.69, 9.17) is 15.0 Å². The summed E-state index contributed by atoms with van der Waals surface area (Å²) in [4.78, 5) is 19.2. The predicted octanol–water partition coefficient (Wildman–Crippen LogP) is 3.95. The van der Waals surface area contributed by atoms with E-state index in [0.717, 1.165) is 57.9 Å². The van der Waals surface area contributed by atoms with Gasteiger partial charge >= 0.3 is 0 Å². The van der Waals surface area contributed by atoms with Gasteiger partial charge in [0.2, 0.25) is 5.95 Å². The summed E-state index contributed by atoms with van der Waals surface area (Å²) in [5.41, 5.74) is 2.54. The number of aliphatic hydroxyl groups is 3. The quantitative estimate of drug-likeness (QED) is 0.304. The van der Waals surface area contributed by atoms with Crippen molar-refractivity contribution in [1.29, 1.82) is 0 Å². The molecular weight excluding hydrogens is 500 g/mol. The van der Waals surface area contributed by atoms with Gasteiger partial charge in [0.15, 0.2) is 0 Å². The molecule has 4 atom stereocenters. The van der Waals surface area contributed by atoms with Crippen LogP contribution in [0.3, 0.4) is 0 Å². The van der Waals surface area contributed by atoms with Gasteiger partial charge in [0.1, 0.15) is 22.4 Å². The van der Waals surface area contributed by atoms with Gasteiger partial charge in [-0.2, -0.15) is 4.98 Å². The van der Waals surface area contributed by atoms with Gasteiger partial charge in [0.05, 0.1) is 39.4 Å². The lowest BCUT2D eigenvalue weighted by Crippen LogP contribution is -2.42. The Kier molecular flexibility index (Phi) is 5.71. The third-order valence-corrected chi connectivity index (χ3v) is 10.5. The van der Waals surface area contributed by atoms with Crippen LogP contribution >= 0.6 is 11.3 Å². The Bertz CT molecular complexity index is 1380. The standard InChI is InChI=1S/C28H36N6O3S/c1-14-20(25-32-21-15(2)29-12-7-19(21)38-25)24(33-26(30-14)34-27(10-11-27)16-5-6-16)31-18-13-17(22(35)23(18)36)28(37)8-3-4-9-28/h7,12,16-18,22-23,35-37H,3-6,8-11,13H2,1-2H3,(H2,30,31,33,34)/t17-,18+,22+,23-/m0/s1. The largest absolute Gasteiger partial charge is 0.390 e. The number of aromatic nitrogens is 4. The number of nitrogens with one attached hydrogen (secondary N) is 2. The third-order valence-electron chi connectivity index (χ3n) is 9.47. The van der Waals surface area contributed by atoms with E-state index < -0.39 is 23.9 Å². The molecule has 0 spiro atoms. The molecule has 38 heavy (non-hydrogen) atoms. The molecule has 0 aromatic carbocycles. The molecule has 0 radical (unpaired) electrons. The highest BCUT2D eigenvalue weighted by molar-refractivity contribution is 7.21. The average Bonchev–Trinajstić information content (AvgIpc) is 3.77. The summed E-state index contributed by atoms with van der Waals surface area (Å²) in [6.07, 6.45) is 8.31. The maximum Gasteiger partial charge on any atom is 0.225 e. The number of anilines is 2. The van der Waals surface area contributed by atoms with Crippen molar-refractivity contribution in [3.63, 3.8) is 0 Å². The number of pyridine rings is 1. The number of hydrogen-bond acceptors (Lipinski definition) is 10. The highest BCUT2D eigenvalue weighted by atomic mass is 32.1. The summed E-state index contributed by atoms with van der Waals surface area (Å²) < 4.78 is 1.05.